The van der Waals surface area contributed by atoms with E-state index in [4.69, 9.17) is 4.98 Å². The van der Waals surface area contributed by atoms with Crippen LogP contribution >= 0.6 is 0 Å². The second kappa shape index (κ2) is 8.83. The van der Waals surface area contributed by atoms with Gasteiger partial charge in [0.1, 0.15) is 0 Å². The van der Waals surface area contributed by atoms with Gasteiger partial charge in [0.2, 0.25) is 5.78 Å². The van der Waals surface area contributed by atoms with Crippen molar-refractivity contribution in [2.75, 3.05) is 0 Å². The number of rotatable bonds is 2. The fourth-order valence-corrected chi connectivity index (χ4v) is 7.89. The molecule has 0 saturated carbocycles. The van der Waals surface area contributed by atoms with Crippen LogP contribution in [0.4, 0.5) is 0 Å². The zero-order chi connectivity index (χ0) is 30.7. The average molecular weight is 593 g/mol. The third-order valence-electron chi connectivity index (χ3n) is 10.0. The maximum atomic E-state index is 13.9. The molecule has 6 aromatic carbocycles. The summed E-state index contributed by atoms with van der Waals surface area (Å²) in [5.74, 6) is 0.604. The number of aromatic nitrogens is 4. The minimum absolute atomic E-state index is 0.0610. The monoisotopic (exact) mass is 592 g/mol. The summed E-state index contributed by atoms with van der Waals surface area (Å²) in [7, 11) is 0. The second-order valence-corrected chi connectivity index (χ2v) is 12.9. The Morgan fingerprint density at radius 3 is 2.11 bits per heavy atom. The van der Waals surface area contributed by atoms with E-state index in [0.29, 0.717) is 16.7 Å². The van der Waals surface area contributed by atoms with Gasteiger partial charge in [-0.2, -0.15) is 0 Å². The minimum atomic E-state index is -0.103. The molecule has 0 aliphatic heterocycles. The highest BCUT2D eigenvalue weighted by molar-refractivity contribution is 6.12. The van der Waals surface area contributed by atoms with Crippen molar-refractivity contribution >= 4 is 49.5 Å². The molecule has 0 bridgehead atoms. The molecule has 3 aromatic heterocycles. The van der Waals surface area contributed by atoms with Crippen molar-refractivity contribution in [3.63, 3.8) is 0 Å². The van der Waals surface area contributed by atoms with E-state index in [2.05, 4.69) is 114 Å². The van der Waals surface area contributed by atoms with Gasteiger partial charge in [0.15, 0.2) is 0 Å². The minimum Gasteiger partial charge on any atom is -0.309 e. The molecule has 0 spiro atoms. The van der Waals surface area contributed by atoms with Crippen molar-refractivity contribution < 1.29 is 0 Å². The van der Waals surface area contributed by atoms with Crippen LogP contribution in [0.5, 0.6) is 0 Å². The van der Waals surface area contributed by atoms with E-state index in [1.807, 2.05) is 42.5 Å². The molecule has 0 fully saturated rings. The second-order valence-electron chi connectivity index (χ2n) is 12.9. The van der Waals surface area contributed by atoms with Gasteiger partial charge >= 0.3 is 0 Å². The summed E-state index contributed by atoms with van der Waals surface area (Å²) < 4.78 is 6.26. The van der Waals surface area contributed by atoms with E-state index in [-0.39, 0.29) is 11.0 Å². The number of imidazole rings is 1. The van der Waals surface area contributed by atoms with E-state index in [1.165, 1.54) is 33.2 Å². The van der Waals surface area contributed by atoms with Crippen LogP contribution in [-0.2, 0) is 5.41 Å². The van der Waals surface area contributed by atoms with Crippen molar-refractivity contribution in [1.29, 1.82) is 0 Å². The van der Waals surface area contributed by atoms with Gasteiger partial charge in [0.25, 0.3) is 5.56 Å². The van der Waals surface area contributed by atoms with Gasteiger partial charge in [-0.05, 0) is 89.0 Å². The summed E-state index contributed by atoms with van der Waals surface area (Å²) in [5, 5.41) is 2.96. The molecule has 0 saturated heterocycles. The lowest BCUT2D eigenvalue weighted by Crippen LogP contribution is -2.15. The topological polar surface area (TPSA) is 44.2 Å². The molecule has 0 atom stereocenters. The maximum absolute atomic E-state index is 13.9. The molecule has 1 aliphatic carbocycles. The van der Waals surface area contributed by atoms with E-state index >= 15 is 0 Å². The first-order chi connectivity index (χ1) is 22.5. The third-order valence-corrected chi connectivity index (χ3v) is 10.0. The highest BCUT2D eigenvalue weighted by Gasteiger charge is 2.36. The average Bonchev–Trinajstić information content (AvgIpc) is 3.67. The van der Waals surface area contributed by atoms with Crippen LogP contribution in [0, 0.1) is 0 Å². The summed E-state index contributed by atoms with van der Waals surface area (Å²) in [6.45, 7) is 4.66. The Kier molecular flexibility index (Phi) is 4.87. The summed E-state index contributed by atoms with van der Waals surface area (Å²) >= 11 is 0. The molecule has 5 nitrogen and oxygen atoms in total. The van der Waals surface area contributed by atoms with Crippen LogP contribution < -0.4 is 5.56 Å². The quantitative estimate of drug-likeness (QED) is 0.201. The van der Waals surface area contributed by atoms with Gasteiger partial charge in [-0.1, -0.05) is 80.6 Å². The summed E-state index contributed by atoms with van der Waals surface area (Å²) in [5.41, 5.74) is 12.0. The molecule has 46 heavy (non-hydrogen) atoms. The Bertz CT molecular complexity index is 2800. The van der Waals surface area contributed by atoms with Gasteiger partial charge in [-0.25, -0.2) is 9.38 Å². The van der Waals surface area contributed by atoms with E-state index in [9.17, 15) is 4.79 Å². The lowest BCUT2D eigenvalue weighted by Gasteiger charge is -2.21. The largest absolute Gasteiger partial charge is 0.309 e. The molecule has 0 unspecified atom stereocenters. The number of benzene rings is 6. The maximum Gasteiger partial charge on any atom is 0.267 e. The Hall–Kier alpha value is -5.94. The van der Waals surface area contributed by atoms with Crippen molar-refractivity contribution in [3.8, 4) is 22.5 Å². The van der Waals surface area contributed by atoms with Crippen molar-refractivity contribution in [3.05, 3.63) is 155 Å². The summed E-state index contributed by atoms with van der Waals surface area (Å²) in [6.07, 6.45) is 0. The van der Waals surface area contributed by atoms with E-state index in [0.717, 1.165) is 33.3 Å². The van der Waals surface area contributed by atoms with Gasteiger partial charge in [0, 0.05) is 27.6 Å². The summed E-state index contributed by atoms with van der Waals surface area (Å²) in [6, 6.07) is 46.5. The van der Waals surface area contributed by atoms with Crippen molar-refractivity contribution in [2.45, 2.75) is 19.3 Å². The molecule has 10 rings (SSSR count). The molecule has 9 aromatic rings. The number of hydrogen-bond acceptors (Lipinski definition) is 2. The molecular weight excluding hydrogens is 564 g/mol. The van der Waals surface area contributed by atoms with Crippen LogP contribution in [0.3, 0.4) is 0 Å². The van der Waals surface area contributed by atoms with E-state index in [1.54, 1.807) is 4.40 Å². The summed E-state index contributed by atoms with van der Waals surface area (Å²) in [4.78, 5) is 18.9. The lowest BCUT2D eigenvalue weighted by molar-refractivity contribution is 0.661. The normalized spacial score (nSPS) is 13.7. The molecule has 3 heterocycles. The van der Waals surface area contributed by atoms with Gasteiger partial charge in [-0.15, -0.1) is 0 Å². The van der Waals surface area contributed by atoms with Crippen LogP contribution in [-0.4, -0.2) is 18.5 Å². The lowest BCUT2D eigenvalue weighted by atomic mass is 9.82. The third kappa shape index (κ3) is 3.19. The first kappa shape index (κ1) is 25.4. The predicted octanol–water partition coefficient (Wildman–Crippen LogP) is 9.19. The van der Waals surface area contributed by atoms with Gasteiger partial charge < -0.3 is 4.57 Å². The van der Waals surface area contributed by atoms with Gasteiger partial charge in [-0.3, -0.25) is 9.36 Å². The number of hydrogen-bond donors (Lipinski definition) is 0. The highest BCUT2D eigenvalue weighted by atomic mass is 16.1. The Balaban J connectivity index is 1.34. The molecule has 5 heteroatoms. The SMILES string of the molecule is CC1(C)c2ccccc2-c2cc3c4cc(-n5c6ccccc6n6c(=O)c7ccccc7nc56)ccc4n(-c4ccccc4)c3cc21. The zero-order valence-electron chi connectivity index (χ0n) is 25.4. The Morgan fingerprint density at radius 2 is 1.24 bits per heavy atom. The Morgan fingerprint density at radius 1 is 0.522 bits per heavy atom. The van der Waals surface area contributed by atoms with Crippen molar-refractivity contribution in [1.82, 2.24) is 18.5 Å². The highest BCUT2D eigenvalue weighted by Crippen LogP contribution is 2.51. The smallest absolute Gasteiger partial charge is 0.267 e. The molecule has 0 radical (unpaired) electrons. The van der Waals surface area contributed by atoms with Crippen LogP contribution in [0.25, 0.3) is 72.0 Å². The number of fused-ring (bicyclic) bond motifs is 10. The standard InChI is InChI=1S/C41H28N4O/c1-41(2)32-16-8-6-14-27(32)29-23-31-30-22-26(20-21-35(30)43(38(31)24-33(29)41)25-12-4-3-5-13-25)44-36-18-10-11-19-37(36)45-39(46)28-15-7-9-17-34(28)42-40(44)45/h3-24H,1-2H3. The fraction of sp³-hybridized carbons (Fsp3) is 0.0732. The van der Waals surface area contributed by atoms with Crippen LogP contribution in [0.2, 0.25) is 0 Å². The van der Waals surface area contributed by atoms with Crippen LogP contribution in [0.15, 0.2) is 138 Å². The molecule has 218 valence electrons. The molecule has 1 aliphatic rings. The Labute approximate surface area is 264 Å². The predicted molar refractivity (Wildman–Crippen MR) is 188 cm³/mol. The molecule has 0 amide bonds. The number of nitrogens with zero attached hydrogens (tertiary/aromatic N) is 4. The van der Waals surface area contributed by atoms with E-state index < -0.39 is 0 Å². The first-order valence-electron chi connectivity index (χ1n) is 15.7. The van der Waals surface area contributed by atoms with Gasteiger partial charge in [0.05, 0.1) is 33.0 Å². The molecular formula is C41H28N4O. The first-order valence-corrected chi connectivity index (χ1v) is 15.7. The van der Waals surface area contributed by atoms with Crippen LogP contribution in [0.1, 0.15) is 25.0 Å². The van der Waals surface area contributed by atoms with Crippen molar-refractivity contribution in [2.24, 2.45) is 0 Å². The number of para-hydroxylation sites is 4. The molecule has 0 N–H and O–H groups in total. The fourth-order valence-electron chi connectivity index (χ4n) is 7.89. The zero-order valence-corrected chi connectivity index (χ0v) is 25.4.